The number of benzene rings is 1. The van der Waals surface area contributed by atoms with Gasteiger partial charge in [0.15, 0.2) is 0 Å². The van der Waals surface area contributed by atoms with Crippen LogP contribution in [0.25, 0.3) is 0 Å². The van der Waals surface area contributed by atoms with Gasteiger partial charge in [-0.3, -0.25) is 4.79 Å². The summed E-state index contributed by atoms with van der Waals surface area (Å²) in [6, 6.07) is 5.71. The van der Waals surface area contributed by atoms with Gasteiger partial charge in [-0.05, 0) is 29.7 Å². The van der Waals surface area contributed by atoms with E-state index in [-0.39, 0.29) is 18.2 Å². The highest BCUT2D eigenvalue weighted by molar-refractivity contribution is 7.89. The zero-order valence-electron chi connectivity index (χ0n) is 13.0. The Hall–Kier alpha value is -1.60. The third-order valence-electron chi connectivity index (χ3n) is 3.79. The van der Waals surface area contributed by atoms with Crippen molar-refractivity contribution in [3.05, 3.63) is 29.3 Å². The van der Waals surface area contributed by atoms with Gasteiger partial charge in [-0.1, -0.05) is 13.0 Å². The number of hydrogen-bond donors (Lipinski definition) is 1. The molecule has 0 aromatic heterocycles. The van der Waals surface area contributed by atoms with Crippen LogP contribution in [0.1, 0.15) is 24.5 Å². The molecule has 0 saturated carbocycles. The van der Waals surface area contributed by atoms with Gasteiger partial charge in [-0.2, -0.15) is 4.31 Å². The number of fused-ring (bicyclic) bond motifs is 1. The normalized spacial score (nSPS) is 15.2. The second-order valence-corrected chi connectivity index (χ2v) is 7.33. The van der Waals surface area contributed by atoms with E-state index in [1.807, 2.05) is 18.2 Å². The van der Waals surface area contributed by atoms with E-state index in [1.165, 1.54) is 4.31 Å². The summed E-state index contributed by atoms with van der Waals surface area (Å²) >= 11 is 0. The molecule has 7 heteroatoms. The molecule has 2 rings (SSSR count). The molecule has 0 atom stereocenters. The molecule has 0 spiro atoms. The van der Waals surface area contributed by atoms with Crippen LogP contribution < -0.4 is 10.1 Å². The average molecular weight is 326 g/mol. The molecule has 1 heterocycles. The van der Waals surface area contributed by atoms with Gasteiger partial charge in [0.1, 0.15) is 5.75 Å². The van der Waals surface area contributed by atoms with E-state index in [0.29, 0.717) is 25.9 Å². The van der Waals surface area contributed by atoms with Crippen LogP contribution in [0.5, 0.6) is 5.75 Å². The molecule has 122 valence electrons. The van der Waals surface area contributed by atoms with E-state index in [1.54, 1.807) is 14.0 Å². The van der Waals surface area contributed by atoms with Gasteiger partial charge in [0.05, 0.1) is 12.9 Å². The summed E-state index contributed by atoms with van der Waals surface area (Å²) in [5, 5.41) is 2.60. The minimum atomic E-state index is -3.36. The molecule has 1 amide bonds. The molecule has 0 radical (unpaired) electrons. The van der Waals surface area contributed by atoms with Crippen LogP contribution in [-0.2, 0) is 27.8 Å². The number of amides is 1. The minimum Gasteiger partial charge on any atom is -0.497 e. The Balaban J connectivity index is 2.00. The lowest BCUT2D eigenvalue weighted by Crippen LogP contribution is -2.40. The minimum absolute atomic E-state index is 0.0652. The summed E-state index contributed by atoms with van der Waals surface area (Å²) in [4.78, 5) is 11.2. The van der Waals surface area contributed by atoms with Gasteiger partial charge in [-0.25, -0.2) is 8.42 Å². The van der Waals surface area contributed by atoms with Crippen LogP contribution in [0.3, 0.4) is 0 Å². The van der Waals surface area contributed by atoms with Gasteiger partial charge in [-0.15, -0.1) is 0 Å². The maximum atomic E-state index is 12.3. The fourth-order valence-corrected chi connectivity index (χ4v) is 3.76. The highest BCUT2D eigenvalue weighted by Gasteiger charge is 2.26. The fraction of sp³-hybridized carbons (Fsp3) is 0.533. The van der Waals surface area contributed by atoms with Gasteiger partial charge in [0.25, 0.3) is 0 Å². The predicted molar refractivity (Wildman–Crippen MR) is 84.2 cm³/mol. The third-order valence-corrected chi connectivity index (χ3v) is 5.61. The topological polar surface area (TPSA) is 75.7 Å². The number of methoxy groups -OCH3 is 1. The van der Waals surface area contributed by atoms with Crippen LogP contribution in [0.4, 0.5) is 0 Å². The van der Waals surface area contributed by atoms with E-state index in [4.69, 9.17) is 4.74 Å². The predicted octanol–water partition coefficient (Wildman–Crippen LogP) is 0.909. The van der Waals surface area contributed by atoms with E-state index < -0.39 is 10.0 Å². The first kappa shape index (κ1) is 16.8. The number of carbonyl (C=O) groups excluding carboxylic acids is 1. The van der Waals surface area contributed by atoms with Crippen molar-refractivity contribution < 1.29 is 17.9 Å². The third kappa shape index (κ3) is 3.98. The smallest absolute Gasteiger partial charge is 0.219 e. The number of nitrogens with zero attached hydrogens (tertiary/aromatic N) is 1. The summed E-state index contributed by atoms with van der Waals surface area (Å²) in [7, 11) is -1.74. The monoisotopic (exact) mass is 326 g/mol. The molecule has 0 saturated heterocycles. The maximum absolute atomic E-state index is 12.3. The Morgan fingerprint density at radius 2 is 2.14 bits per heavy atom. The molecule has 0 fully saturated rings. The summed E-state index contributed by atoms with van der Waals surface area (Å²) in [5.74, 6) is 0.591. The number of nitrogens with one attached hydrogen (secondary N) is 1. The Morgan fingerprint density at radius 1 is 1.36 bits per heavy atom. The number of carbonyl (C=O) groups is 1. The fourth-order valence-electron chi connectivity index (χ4n) is 2.44. The van der Waals surface area contributed by atoms with Crippen molar-refractivity contribution in [2.75, 3.05) is 26.0 Å². The highest BCUT2D eigenvalue weighted by atomic mass is 32.2. The van der Waals surface area contributed by atoms with Crippen LogP contribution >= 0.6 is 0 Å². The standard InChI is InChI=1S/C15H22N2O4S/c1-3-15(18)16-7-9-22(19,20)17-8-6-12-10-14(21-2)5-4-13(12)11-17/h4-5,10H,3,6-9,11H2,1-2H3,(H,16,18). The summed E-state index contributed by atoms with van der Waals surface area (Å²) in [6.07, 6.45) is 1.03. The quantitative estimate of drug-likeness (QED) is 0.843. The Morgan fingerprint density at radius 3 is 2.82 bits per heavy atom. The zero-order valence-corrected chi connectivity index (χ0v) is 13.8. The second-order valence-electron chi connectivity index (χ2n) is 5.24. The van der Waals surface area contributed by atoms with Crippen LogP contribution in [0.15, 0.2) is 18.2 Å². The molecule has 1 aromatic rings. The van der Waals surface area contributed by atoms with Crippen molar-refractivity contribution in [2.24, 2.45) is 0 Å². The lowest BCUT2D eigenvalue weighted by molar-refractivity contribution is -0.120. The van der Waals surface area contributed by atoms with E-state index in [0.717, 1.165) is 16.9 Å². The largest absolute Gasteiger partial charge is 0.497 e. The van der Waals surface area contributed by atoms with Crippen LogP contribution in [0, 0.1) is 0 Å². The van der Waals surface area contributed by atoms with Gasteiger partial charge >= 0.3 is 0 Å². The van der Waals surface area contributed by atoms with Crippen molar-refractivity contribution >= 4 is 15.9 Å². The highest BCUT2D eigenvalue weighted by Crippen LogP contribution is 2.25. The van der Waals surface area contributed by atoms with Crippen molar-refractivity contribution in [1.29, 1.82) is 0 Å². The lowest BCUT2D eigenvalue weighted by Gasteiger charge is -2.28. The summed E-state index contributed by atoms with van der Waals surface area (Å²) < 4.78 is 31.4. The molecule has 1 aliphatic heterocycles. The zero-order chi connectivity index (χ0) is 16.2. The van der Waals surface area contributed by atoms with E-state index in [9.17, 15) is 13.2 Å². The summed E-state index contributed by atoms with van der Waals surface area (Å²) in [6.45, 7) is 2.73. The van der Waals surface area contributed by atoms with Crippen LogP contribution in [-0.4, -0.2) is 44.6 Å². The molecule has 22 heavy (non-hydrogen) atoms. The Kier molecular flexibility index (Phi) is 5.42. The lowest BCUT2D eigenvalue weighted by atomic mass is 10.0. The van der Waals surface area contributed by atoms with Crippen molar-refractivity contribution in [1.82, 2.24) is 9.62 Å². The Labute approximate surface area is 131 Å². The molecular formula is C15H22N2O4S. The molecule has 0 aliphatic carbocycles. The summed E-state index contributed by atoms with van der Waals surface area (Å²) in [5.41, 5.74) is 2.14. The number of ether oxygens (including phenoxy) is 1. The van der Waals surface area contributed by atoms with Gasteiger partial charge in [0, 0.05) is 26.1 Å². The number of hydrogen-bond acceptors (Lipinski definition) is 4. The first-order valence-electron chi connectivity index (χ1n) is 7.36. The molecule has 6 nitrogen and oxygen atoms in total. The second kappa shape index (κ2) is 7.11. The maximum Gasteiger partial charge on any atom is 0.219 e. The molecular weight excluding hydrogens is 304 g/mol. The van der Waals surface area contributed by atoms with Gasteiger partial charge in [0.2, 0.25) is 15.9 Å². The SMILES string of the molecule is CCC(=O)NCCS(=O)(=O)N1CCc2cc(OC)ccc2C1. The number of rotatable bonds is 6. The Bertz CT molecular complexity index is 643. The van der Waals surface area contributed by atoms with E-state index >= 15 is 0 Å². The van der Waals surface area contributed by atoms with E-state index in [2.05, 4.69) is 5.32 Å². The molecule has 1 N–H and O–H groups in total. The van der Waals surface area contributed by atoms with Crippen molar-refractivity contribution in [3.63, 3.8) is 0 Å². The first-order chi connectivity index (χ1) is 10.5. The molecule has 0 bridgehead atoms. The van der Waals surface area contributed by atoms with Crippen molar-refractivity contribution in [3.8, 4) is 5.75 Å². The first-order valence-corrected chi connectivity index (χ1v) is 8.97. The molecule has 1 aliphatic rings. The van der Waals surface area contributed by atoms with Crippen molar-refractivity contribution in [2.45, 2.75) is 26.3 Å². The van der Waals surface area contributed by atoms with Crippen LogP contribution in [0.2, 0.25) is 0 Å². The van der Waals surface area contributed by atoms with Gasteiger partial charge < -0.3 is 10.1 Å². The average Bonchev–Trinajstić information content (AvgIpc) is 2.53. The molecule has 1 aromatic carbocycles. The number of sulfonamides is 1. The molecule has 0 unspecified atom stereocenters.